The van der Waals surface area contributed by atoms with E-state index < -0.39 is 11.7 Å². The molecule has 0 fully saturated rings. The number of nitrogens with two attached hydrogens (primary N) is 1. The highest BCUT2D eigenvalue weighted by atomic mass is 16.7. The Morgan fingerprint density at radius 3 is 2.87 bits per heavy atom. The van der Waals surface area contributed by atoms with Gasteiger partial charge in [-0.15, -0.1) is 5.10 Å². The lowest BCUT2D eigenvalue weighted by Crippen LogP contribution is -2.36. The number of nitrogens with zero attached hydrogens (tertiary/aromatic N) is 3. The molecule has 0 unspecified atom stereocenters. The summed E-state index contributed by atoms with van der Waals surface area (Å²) in [4.78, 5) is 26.8. The highest BCUT2D eigenvalue weighted by Crippen LogP contribution is 2.02. The maximum Gasteiger partial charge on any atom is 0.430 e. The van der Waals surface area contributed by atoms with Crippen molar-refractivity contribution in [3.05, 3.63) is 34.6 Å². The van der Waals surface area contributed by atoms with Gasteiger partial charge in [0.2, 0.25) is 0 Å². The summed E-state index contributed by atoms with van der Waals surface area (Å²) in [7, 11) is 0. The standard InChI is InChI=1S/C8H6N4O3/c9-8(14)15-12-7(13)5-3-1-2-4-6(5)10-11-12/h1-4H,(H2,9,14). The topological polar surface area (TPSA) is 100 Å². The van der Waals surface area contributed by atoms with E-state index in [0.717, 1.165) is 0 Å². The van der Waals surface area contributed by atoms with Crippen molar-refractivity contribution in [2.24, 2.45) is 5.73 Å². The summed E-state index contributed by atoms with van der Waals surface area (Å²) in [5.74, 6) is 0. The molecule has 0 aliphatic heterocycles. The van der Waals surface area contributed by atoms with Crippen LogP contribution >= 0.6 is 0 Å². The van der Waals surface area contributed by atoms with Gasteiger partial charge in [0.25, 0.3) is 0 Å². The van der Waals surface area contributed by atoms with Crippen molar-refractivity contribution in [2.45, 2.75) is 0 Å². The fourth-order valence-electron chi connectivity index (χ4n) is 1.12. The van der Waals surface area contributed by atoms with Gasteiger partial charge in [0.1, 0.15) is 5.52 Å². The molecule has 0 atom stereocenters. The number of carbonyl (C=O) groups is 1. The third-order valence-corrected chi connectivity index (χ3v) is 1.72. The zero-order valence-electron chi connectivity index (χ0n) is 7.45. The van der Waals surface area contributed by atoms with Crippen LogP contribution in [0.4, 0.5) is 4.79 Å². The van der Waals surface area contributed by atoms with E-state index >= 15 is 0 Å². The minimum Gasteiger partial charge on any atom is -0.333 e. The second-order valence-electron chi connectivity index (χ2n) is 2.70. The highest BCUT2D eigenvalue weighted by Gasteiger charge is 2.07. The van der Waals surface area contributed by atoms with Crippen molar-refractivity contribution in [3.63, 3.8) is 0 Å². The maximum atomic E-state index is 11.6. The highest BCUT2D eigenvalue weighted by molar-refractivity contribution is 5.76. The molecule has 0 radical (unpaired) electrons. The lowest BCUT2D eigenvalue weighted by atomic mass is 10.2. The van der Waals surface area contributed by atoms with Crippen molar-refractivity contribution in [2.75, 3.05) is 0 Å². The van der Waals surface area contributed by atoms with E-state index in [1.807, 2.05) is 0 Å². The molecule has 2 aromatic rings. The predicted molar refractivity (Wildman–Crippen MR) is 50.0 cm³/mol. The van der Waals surface area contributed by atoms with Crippen molar-refractivity contribution in [1.82, 2.24) is 15.2 Å². The lowest BCUT2D eigenvalue weighted by Gasteiger charge is -2.01. The summed E-state index contributed by atoms with van der Waals surface area (Å²) < 4.78 is 0. The Kier molecular flexibility index (Phi) is 2.05. The van der Waals surface area contributed by atoms with Crippen LogP contribution < -0.4 is 16.1 Å². The SMILES string of the molecule is NC(=O)On1nnc2ccccc2c1=O. The van der Waals surface area contributed by atoms with Gasteiger partial charge in [-0.2, -0.15) is 0 Å². The second kappa shape index (κ2) is 3.37. The van der Waals surface area contributed by atoms with Gasteiger partial charge in [-0.1, -0.05) is 12.1 Å². The van der Waals surface area contributed by atoms with E-state index in [0.29, 0.717) is 15.7 Å². The maximum absolute atomic E-state index is 11.6. The summed E-state index contributed by atoms with van der Waals surface area (Å²) in [6.07, 6.45) is -1.12. The summed E-state index contributed by atoms with van der Waals surface area (Å²) in [5.41, 5.74) is 4.59. The molecular weight excluding hydrogens is 200 g/mol. The average molecular weight is 206 g/mol. The first-order valence-corrected chi connectivity index (χ1v) is 4.01. The van der Waals surface area contributed by atoms with E-state index in [-0.39, 0.29) is 0 Å². The number of aromatic nitrogens is 3. The van der Waals surface area contributed by atoms with E-state index in [1.54, 1.807) is 24.3 Å². The van der Waals surface area contributed by atoms with Crippen molar-refractivity contribution >= 4 is 17.0 Å². The predicted octanol–water partition coefficient (Wildman–Crippen LogP) is -0.701. The Morgan fingerprint density at radius 2 is 2.13 bits per heavy atom. The Bertz CT molecular complexity index is 577. The first-order chi connectivity index (χ1) is 7.18. The van der Waals surface area contributed by atoms with Crippen LogP contribution in [0.25, 0.3) is 10.9 Å². The molecule has 2 N–H and O–H groups in total. The molecule has 7 heteroatoms. The summed E-state index contributed by atoms with van der Waals surface area (Å²) in [5, 5.41) is 7.35. The Morgan fingerprint density at radius 1 is 1.40 bits per heavy atom. The monoisotopic (exact) mass is 206 g/mol. The Hall–Kier alpha value is -2.44. The van der Waals surface area contributed by atoms with Crippen LogP contribution in [0.3, 0.4) is 0 Å². The largest absolute Gasteiger partial charge is 0.430 e. The molecule has 76 valence electrons. The number of hydrogen-bond donors (Lipinski definition) is 1. The molecule has 2 rings (SSSR count). The van der Waals surface area contributed by atoms with Gasteiger partial charge in [0, 0.05) is 0 Å². The van der Waals surface area contributed by atoms with Crippen LogP contribution in [0.1, 0.15) is 0 Å². The van der Waals surface area contributed by atoms with Gasteiger partial charge in [0.15, 0.2) is 0 Å². The lowest BCUT2D eigenvalue weighted by molar-refractivity contribution is 0.114. The molecule has 0 aliphatic rings. The fraction of sp³-hybridized carbons (Fsp3) is 0. The van der Waals surface area contributed by atoms with Crippen molar-refractivity contribution in [3.8, 4) is 0 Å². The Labute approximate surface area is 83.0 Å². The van der Waals surface area contributed by atoms with Crippen LogP contribution in [-0.4, -0.2) is 21.3 Å². The third kappa shape index (κ3) is 1.62. The molecule has 0 aliphatic carbocycles. The molecule has 1 aromatic carbocycles. The molecule has 0 saturated carbocycles. The number of fused-ring (bicyclic) bond motifs is 1. The molecule has 0 saturated heterocycles. The molecule has 1 amide bonds. The molecule has 7 nitrogen and oxygen atoms in total. The van der Waals surface area contributed by atoms with E-state index in [1.165, 1.54) is 0 Å². The summed E-state index contributed by atoms with van der Waals surface area (Å²) in [6, 6.07) is 6.56. The van der Waals surface area contributed by atoms with Crippen molar-refractivity contribution in [1.29, 1.82) is 0 Å². The van der Waals surface area contributed by atoms with E-state index in [9.17, 15) is 9.59 Å². The first kappa shape index (κ1) is 9.13. The summed E-state index contributed by atoms with van der Waals surface area (Å²) >= 11 is 0. The number of hydrogen-bond acceptors (Lipinski definition) is 5. The van der Waals surface area contributed by atoms with Gasteiger partial charge in [0.05, 0.1) is 5.39 Å². The minimum absolute atomic E-state index is 0.300. The van der Waals surface area contributed by atoms with Crippen LogP contribution in [0.5, 0.6) is 0 Å². The quantitative estimate of drug-likeness (QED) is 0.621. The van der Waals surface area contributed by atoms with Crippen LogP contribution in [0.15, 0.2) is 29.1 Å². The summed E-state index contributed by atoms with van der Waals surface area (Å²) in [6.45, 7) is 0. The van der Waals surface area contributed by atoms with Gasteiger partial charge >= 0.3 is 11.7 Å². The van der Waals surface area contributed by atoms with Crippen LogP contribution in [0.2, 0.25) is 0 Å². The smallest absolute Gasteiger partial charge is 0.333 e. The number of primary amides is 1. The average Bonchev–Trinajstić information content (AvgIpc) is 2.22. The van der Waals surface area contributed by atoms with Crippen molar-refractivity contribution < 1.29 is 9.63 Å². The number of amides is 1. The second-order valence-corrected chi connectivity index (χ2v) is 2.70. The molecule has 0 bridgehead atoms. The zero-order chi connectivity index (χ0) is 10.8. The van der Waals surface area contributed by atoms with Gasteiger partial charge in [-0.05, 0) is 22.2 Å². The van der Waals surface area contributed by atoms with Crippen LogP contribution in [-0.2, 0) is 0 Å². The van der Waals surface area contributed by atoms with Gasteiger partial charge < -0.3 is 5.73 Å². The van der Waals surface area contributed by atoms with Gasteiger partial charge in [-0.3, -0.25) is 9.63 Å². The molecule has 0 spiro atoms. The molecule has 1 aromatic heterocycles. The fourth-order valence-corrected chi connectivity index (χ4v) is 1.12. The van der Waals surface area contributed by atoms with E-state index in [2.05, 4.69) is 15.1 Å². The molecule has 1 heterocycles. The molecule has 15 heavy (non-hydrogen) atoms. The number of carbonyl (C=O) groups excluding carboxylic acids is 1. The normalized spacial score (nSPS) is 10.1. The molecular formula is C8H6N4O3. The first-order valence-electron chi connectivity index (χ1n) is 4.01. The third-order valence-electron chi connectivity index (χ3n) is 1.72. The number of benzene rings is 1. The van der Waals surface area contributed by atoms with Gasteiger partial charge in [-0.25, -0.2) is 4.79 Å². The Balaban J connectivity index is 2.65. The zero-order valence-corrected chi connectivity index (χ0v) is 7.45. The number of rotatable bonds is 1. The van der Waals surface area contributed by atoms with Crippen LogP contribution in [0, 0.1) is 0 Å². The van der Waals surface area contributed by atoms with E-state index in [4.69, 9.17) is 5.73 Å². The minimum atomic E-state index is -1.12.